The molecular formula is C17H20N2O4S. The number of benzene rings is 2. The smallest absolute Gasteiger partial charge is 0.319 e. The quantitative estimate of drug-likeness (QED) is 0.870. The minimum Gasteiger partial charge on any atom is -0.497 e. The van der Waals surface area contributed by atoms with Crippen LogP contribution in [0.3, 0.4) is 0 Å². The Bertz CT molecular complexity index is 799. The maximum atomic E-state index is 12.0. The highest BCUT2D eigenvalue weighted by molar-refractivity contribution is 7.90. The Morgan fingerprint density at radius 3 is 2.12 bits per heavy atom. The van der Waals surface area contributed by atoms with Crippen LogP contribution in [0.4, 0.5) is 10.5 Å². The Balaban J connectivity index is 1.97. The molecule has 2 amide bonds. The maximum Gasteiger partial charge on any atom is 0.319 e. The number of sulfone groups is 1. The van der Waals surface area contributed by atoms with E-state index in [1.165, 1.54) is 12.1 Å². The van der Waals surface area contributed by atoms with Crippen molar-refractivity contribution in [3.05, 3.63) is 54.1 Å². The van der Waals surface area contributed by atoms with Gasteiger partial charge in [-0.3, -0.25) is 0 Å². The van der Waals surface area contributed by atoms with Crippen LogP contribution in [-0.4, -0.2) is 27.8 Å². The third-order valence-electron chi connectivity index (χ3n) is 3.50. The summed E-state index contributed by atoms with van der Waals surface area (Å²) in [5.41, 5.74) is 1.46. The molecule has 0 aromatic heterocycles. The highest BCUT2D eigenvalue weighted by Gasteiger charge is 2.12. The van der Waals surface area contributed by atoms with E-state index in [-0.39, 0.29) is 17.0 Å². The maximum absolute atomic E-state index is 12.0. The van der Waals surface area contributed by atoms with Crippen molar-refractivity contribution in [1.29, 1.82) is 0 Å². The van der Waals surface area contributed by atoms with E-state index in [9.17, 15) is 13.2 Å². The van der Waals surface area contributed by atoms with E-state index in [2.05, 4.69) is 10.6 Å². The number of carbonyl (C=O) groups excluding carboxylic acids is 1. The fraction of sp³-hybridized carbons (Fsp3) is 0.235. The minimum atomic E-state index is -3.22. The van der Waals surface area contributed by atoms with Crippen molar-refractivity contribution < 1.29 is 17.9 Å². The van der Waals surface area contributed by atoms with E-state index in [0.717, 1.165) is 11.8 Å². The summed E-state index contributed by atoms with van der Waals surface area (Å²) in [4.78, 5) is 12.3. The lowest BCUT2D eigenvalue weighted by Crippen LogP contribution is -2.31. The second-order valence-corrected chi connectivity index (χ2v) is 7.41. The number of anilines is 1. The first-order valence-corrected chi connectivity index (χ1v) is 9.20. The number of ether oxygens (including phenoxy) is 1. The van der Waals surface area contributed by atoms with Gasteiger partial charge in [-0.05, 0) is 48.9 Å². The number of rotatable bonds is 5. The fourth-order valence-electron chi connectivity index (χ4n) is 2.13. The van der Waals surface area contributed by atoms with Gasteiger partial charge in [-0.25, -0.2) is 13.2 Å². The van der Waals surface area contributed by atoms with Crippen molar-refractivity contribution in [3.8, 4) is 5.75 Å². The molecule has 128 valence electrons. The molecular weight excluding hydrogens is 328 g/mol. The summed E-state index contributed by atoms with van der Waals surface area (Å²) in [5, 5.41) is 5.53. The molecule has 0 aliphatic rings. The Morgan fingerprint density at radius 1 is 1.04 bits per heavy atom. The summed E-state index contributed by atoms with van der Waals surface area (Å²) >= 11 is 0. The van der Waals surface area contributed by atoms with Crippen LogP contribution in [0.1, 0.15) is 18.5 Å². The molecule has 0 heterocycles. The van der Waals surface area contributed by atoms with Crippen molar-refractivity contribution in [2.45, 2.75) is 17.9 Å². The highest BCUT2D eigenvalue weighted by atomic mass is 32.2. The van der Waals surface area contributed by atoms with Crippen LogP contribution in [-0.2, 0) is 9.84 Å². The summed E-state index contributed by atoms with van der Waals surface area (Å²) in [6.45, 7) is 1.82. The van der Waals surface area contributed by atoms with E-state index < -0.39 is 9.84 Å². The molecule has 0 radical (unpaired) electrons. The van der Waals surface area contributed by atoms with Gasteiger partial charge in [-0.1, -0.05) is 12.1 Å². The standard InChI is InChI=1S/C17H20N2O4S/c1-12(13-4-10-16(11-5-13)24(3,21)22)18-17(20)19-14-6-8-15(23-2)9-7-14/h4-12H,1-3H3,(H2,18,19,20)/t12-/m0/s1. The van der Waals surface area contributed by atoms with Gasteiger partial charge in [0.25, 0.3) is 0 Å². The number of carbonyl (C=O) groups is 1. The molecule has 24 heavy (non-hydrogen) atoms. The van der Waals surface area contributed by atoms with E-state index in [0.29, 0.717) is 11.4 Å². The van der Waals surface area contributed by atoms with Gasteiger partial charge in [0.05, 0.1) is 18.0 Å². The second kappa shape index (κ2) is 7.35. The first-order chi connectivity index (χ1) is 11.3. The van der Waals surface area contributed by atoms with E-state index in [1.54, 1.807) is 43.5 Å². The molecule has 1 atom stereocenters. The van der Waals surface area contributed by atoms with Crippen molar-refractivity contribution in [2.75, 3.05) is 18.7 Å². The molecule has 0 fully saturated rings. The molecule has 0 aliphatic carbocycles. The molecule has 0 unspecified atom stereocenters. The monoisotopic (exact) mass is 348 g/mol. The van der Waals surface area contributed by atoms with E-state index in [1.807, 2.05) is 6.92 Å². The molecule has 2 aromatic rings. The topological polar surface area (TPSA) is 84.5 Å². The van der Waals surface area contributed by atoms with Gasteiger partial charge in [-0.15, -0.1) is 0 Å². The summed E-state index contributed by atoms with van der Waals surface area (Å²) < 4.78 is 28.0. The predicted octanol–water partition coefficient (Wildman–Crippen LogP) is 2.98. The van der Waals surface area contributed by atoms with E-state index in [4.69, 9.17) is 4.74 Å². The van der Waals surface area contributed by atoms with Crippen LogP contribution in [0.5, 0.6) is 5.75 Å². The largest absolute Gasteiger partial charge is 0.497 e. The normalized spacial score (nSPS) is 12.3. The molecule has 6 nitrogen and oxygen atoms in total. The van der Waals surface area contributed by atoms with Crippen LogP contribution in [0.15, 0.2) is 53.4 Å². The molecule has 2 N–H and O–H groups in total. The van der Waals surface area contributed by atoms with Gasteiger partial charge in [0, 0.05) is 11.9 Å². The predicted molar refractivity (Wildman–Crippen MR) is 93.1 cm³/mol. The van der Waals surface area contributed by atoms with Crippen LogP contribution < -0.4 is 15.4 Å². The first-order valence-electron chi connectivity index (χ1n) is 7.31. The summed E-state index contributed by atoms with van der Waals surface area (Å²) in [6, 6.07) is 12.8. The van der Waals surface area contributed by atoms with Gasteiger partial charge >= 0.3 is 6.03 Å². The molecule has 7 heteroatoms. The van der Waals surface area contributed by atoms with E-state index >= 15 is 0 Å². The van der Waals surface area contributed by atoms with Gasteiger partial charge in [-0.2, -0.15) is 0 Å². The zero-order chi connectivity index (χ0) is 17.7. The second-order valence-electron chi connectivity index (χ2n) is 5.39. The third kappa shape index (κ3) is 4.73. The minimum absolute atomic E-state index is 0.251. The Hall–Kier alpha value is -2.54. The van der Waals surface area contributed by atoms with Crippen LogP contribution in [0.25, 0.3) is 0 Å². The average molecular weight is 348 g/mol. The Kier molecular flexibility index (Phi) is 5.46. The zero-order valence-electron chi connectivity index (χ0n) is 13.7. The number of methoxy groups -OCH3 is 1. The molecule has 0 aliphatic heterocycles. The van der Waals surface area contributed by atoms with Gasteiger partial charge in [0.2, 0.25) is 0 Å². The molecule has 0 spiro atoms. The summed E-state index contributed by atoms with van der Waals surface area (Å²) in [5.74, 6) is 0.709. The SMILES string of the molecule is COc1ccc(NC(=O)N[C@@H](C)c2ccc(S(C)(=O)=O)cc2)cc1. The van der Waals surface area contributed by atoms with Gasteiger partial charge in [0.15, 0.2) is 9.84 Å². The number of hydrogen-bond acceptors (Lipinski definition) is 4. The summed E-state index contributed by atoms with van der Waals surface area (Å²) in [6.07, 6.45) is 1.16. The van der Waals surface area contributed by atoms with Crippen LogP contribution in [0.2, 0.25) is 0 Å². The third-order valence-corrected chi connectivity index (χ3v) is 4.63. The number of hydrogen-bond donors (Lipinski definition) is 2. The lowest BCUT2D eigenvalue weighted by atomic mass is 10.1. The van der Waals surface area contributed by atoms with Gasteiger partial charge < -0.3 is 15.4 Å². The first kappa shape index (κ1) is 17.8. The molecule has 0 saturated carbocycles. The van der Waals surface area contributed by atoms with Gasteiger partial charge in [0.1, 0.15) is 5.75 Å². The number of urea groups is 1. The van der Waals surface area contributed by atoms with Crippen molar-refractivity contribution in [2.24, 2.45) is 0 Å². The number of amides is 2. The number of nitrogens with one attached hydrogen (secondary N) is 2. The van der Waals surface area contributed by atoms with Crippen LogP contribution >= 0.6 is 0 Å². The van der Waals surface area contributed by atoms with Crippen molar-refractivity contribution >= 4 is 21.6 Å². The Morgan fingerprint density at radius 2 is 1.62 bits per heavy atom. The fourth-order valence-corrected chi connectivity index (χ4v) is 2.76. The molecule has 2 aromatic carbocycles. The molecule has 0 saturated heterocycles. The molecule has 0 bridgehead atoms. The lowest BCUT2D eigenvalue weighted by molar-refractivity contribution is 0.249. The highest BCUT2D eigenvalue weighted by Crippen LogP contribution is 2.17. The Labute approximate surface area is 141 Å². The zero-order valence-corrected chi connectivity index (χ0v) is 14.6. The van der Waals surface area contributed by atoms with Crippen LogP contribution in [0, 0.1) is 0 Å². The van der Waals surface area contributed by atoms with Crippen molar-refractivity contribution in [1.82, 2.24) is 5.32 Å². The lowest BCUT2D eigenvalue weighted by Gasteiger charge is -2.15. The summed E-state index contributed by atoms with van der Waals surface area (Å²) in [7, 11) is -1.65. The molecule has 2 rings (SSSR count). The van der Waals surface area contributed by atoms with Crippen molar-refractivity contribution in [3.63, 3.8) is 0 Å². The average Bonchev–Trinajstić information content (AvgIpc) is 2.54.